The van der Waals surface area contributed by atoms with Crippen molar-refractivity contribution in [2.45, 2.75) is 33.1 Å². The molecule has 0 spiro atoms. The Bertz CT molecular complexity index is 162. The second-order valence-corrected chi connectivity index (χ2v) is 4.88. The minimum atomic E-state index is 0. The van der Waals surface area contributed by atoms with Crippen LogP contribution in [0.1, 0.15) is 33.1 Å². The second-order valence-electron chi connectivity index (χ2n) is 4.88. The summed E-state index contributed by atoms with van der Waals surface area (Å²) in [6.45, 7) is 9.11. The second kappa shape index (κ2) is 11.4. The molecule has 0 bridgehead atoms. The summed E-state index contributed by atoms with van der Waals surface area (Å²) in [6, 6.07) is 0. The Labute approximate surface area is 152 Å². The van der Waals surface area contributed by atoms with Gasteiger partial charge in [0.1, 0.15) is 0 Å². The Morgan fingerprint density at radius 3 is 1.94 bits per heavy atom. The van der Waals surface area contributed by atoms with E-state index in [4.69, 9.17) is 0 Å². The molecule has 98 valence electrons. The molecule has 2 saturated heterocycles. The van der Waals surface area contributed by atoms with Gasteiger partial charge in [-0.1, -0.05) is 13.8 Å². The van der Waals surface area contributed by atoms with Crippen molar-refractivity contribution in [2.24, 2.45) is 11.8 Å². The van der Waals surface area contributed by atoms with Gasteiger partial charge < -0.3 is 17.2 Å². The SMILES string of the molecule is CC.[CH2-]N1CCC(CC2CN(C)C2)CC1.[CH3-].[K+]. The van der Waals surface area contributed by atoms with Gasteiger partial charge in [-0.25, -0.2) is 0 Å². The topological polar surface area (TPSA) is 6.48 Å². The van der Waals surface area contributed by atoms with Crippen LogP contribution in [0.2, 0.25) is 0 Å². The van der Waals surface area contributed by atoms with Gasteiger partial charge in [-0.05, 0) is 51.2 Å². The molecule has 0 aromatic carbocycles. The molecule has 0 radical (unpaired) electrons. The van der Waals surface area contributed by atoms with E-state index >= 15 is 0 Å². The molecule has 3 heteroatoms. The van der Waals surface area contributed by atoms with Crippen LogP contribution in [0.15, 0.2) is 0 Å². The van der Waals surface area contributed by atoms with Gasteiger partial charge in [-0.15, -0.1) is 0 Å². The molecule has 0 aliphatic carbocycles. The molecule has 2 rings (SSSR count). The van der Waals surface area contributed by atoms with Crippen molar-refractivity contribution >= 4 is 0 Å². The van der Waals surface area contributed by atoms with E-state index in [1.807, 2.05) is 13.8 Å². The first-order valence-corrected chi connectivity index (χ1v) is 6.48. The number of nitrogens with zero attached hydrogens (tertiary/aromatic N) is 2. The first-order valence-electron chi connectivity index (χ1n) is 6.48. The molecule has 0 aromatic rings. The largest absolute Gasteiger partial charge is 1.00 e. The minimum Gasteiger partial charge on any atom is -0.459 e. The normalized spacial score (nSPS) is 22.6. The van der Waals surface area contributed by atoms with E-state index in [1.54, 1.807) is 0 Å². The summed E-state index contributed by atoms with van der Waals surface area (Å²) >= 11 is 0. The molecular formula is C14H30KN2-. The van der Waals surface area contributed by atoms with E-state index in [9.17, 15) is 0 Å². The summed E-state index contributed by atoms with van der Waals surface area (Å²) in [6.07, 6.45) is 4.23. The Morgan fingerprint density at radius 1 is 1.06 bits per heavy atom. The summed E-state index contributed by atoms with van der Waals surface area (Å²) in [5.41, 5.74) is 0. The molecule has 0 saturated carbocycles. The van der Waals surface area contributed by atoms with E-state index in [1.165, 1.54) is 45.4 Å². The van der Waals surface area contributed by atoms with Crippen molar-refractivity contribution in [3.05, 3.63) is 14.5 Å². The molecule has 17 heavy (non-hydrogen) atoms. The molecule has 0 unspecified atom stereocenters. The van der Waals surface area contributed by atoms with Crippen molar-refractivity contribution in [3.63, 3.8) is 0 Å². The third kappa shape index (κ3) is 7.66. The molecule has 0 N–H and O–H groups in total. The van der Waals surface area contributed by atoms with Crippen LogP contribution in [0.3, 0.4) is 0 Å². The van der Waals surface area contributed by atoms with Gasteiger partial charge in [-0.3, -0.25) is 7.05 Å². The van der Waals surface area contributed by atoms with Gasteiger partial charge in [0.05, 0.1) is 0 Å². The zero-order chi connectivity index (χ0) is 11.3. The van der Waals surface area contributed by atoms with Crippen molar-refractivity contribution in [1.29, 1.82) is 0 Å². The van der Waals surface area contributed by atoms with E-state index < -0.39 is 0 Å². The predicted molar refractivity (Wildman–Crippen MR) is 73.0 cm³/mol. The molecule has 2 aliphatic heterocycles. The zero-order valence-electron chi connectivity index (χ0n) is 12.7. The molecule has 0 amide bonds. The van der Waals surface area contributed by atoms with Gasteiger partial charge in [0.15, 0.2) is 0 Å². The van der Waals surface area contributed by atoms with E-state index in [0.29, 0.717) is 0 Å². The van der Waals surface area contributed by atoms with Crippen LogP contribution in [0.25, 0.3) is 0 Å². The molecule has 2 nitrogen and oxygen atoms in total. The maximum Gasteiger partial charge on any atom is 1.00 e. The number of hydrogen-bond acceptors (Lipinski definition) is 2. The standard InChI is InChI=1S/C11H21N2.C2H6.CH3.K/c1-12-5-3-10(4-6-12)7-11-8-13(2)9-11;1-2;;/h10-11H,1,3-9H2,2H3;1-2H3;1H3;/q-1;;-1;+1. The molecule has 2 fully saturated rings. The summed E-state index contributed by atoms with van der Waals surface area (Å²) in [7, 11) is 6.20. The minimum absolute atomic E-state index is 0. The zero-order valence-corrected chi connectivity index (χ0v) is 15.8. The Morgan fingerprint density at radius 2 is 1.53 bits per heavy atom. The fourth-order valence-electron chi connectivity index (χ4n) is 2.67. The van der Waals surface area contributed by atoms with Gasteiger partial charge >= 0.3 is 51.4 Å². The Kier molecular flexibility index (Phi) is 14.0. The first-order chi connectivity index (χ1) is 7.24. The maximum absolute atomic E-state index is 3.98. The summed E-state index contributed by atoms with van der Waals surface area (Å²) < 4.78 is 0. The van der Waals surface area contributed by atoms with E-state index in [2.05, 4.69) is 23.9 Å². The molecule has 2 heterocycles. The summed E-state index contributed by atoms with van der Waals surface area (Å²) in [5, 5.41) is 0. The summed E-state index contributed by atoms with van der Waals surface area (Å²) in [5.74, 6) is 2.00. The third-order valence-corrected chi connectivity index (χ3v) is 3.51. The molecule has 2 aliphatic rings. The molecular weight excluding hydrogens is 235 g/mol. The van der Waals surface area contributed by atoms with E-state index in [-0.39, 0.29) is 58.8 Å². The van der Waals surface area contributed by atoms with Crippen molar-refractivity contribution in [3.8, 4) is 0 Å². The van der Waals surface area contributed by atoms with Crippen molar-refractivity contribution in [1.82, 2.24) is 9.80 Å². The van der Waals surface area contributed by atoms with Crippen LogP contribution in [0, 0.1) is 26.3 Å². The Hall–Kier alpha value is 1.56. The monoisotopic (exact) mass is 265 g/mol. The number of likely N-dealkylation sites (tertiary alicyclic amines) is 2. The first kappa shape index (κ1) is 20.9. The van der Waals surface area contributed by atoms with Crippen LogP contribution >= 0.6 is 0 Å². The van der Waals surface area contributed by atoms with Gasteiger partial charge in [0.25, 0.3) is 0 Å². The van der Waals surface area contributed by atoms with Crippen LogP contribution < -0.4 is 51.4 Å². The number of rotatable bonds is 2. The Balaban J connectivity index is 0. The fourth-order valence-corrected chi connectivity index (χ4v) is 2.67. The molecule has 0 aromatic heterocycles. The maximum atomic E-state index is 3.98. The third-order valence-electron chi connectivity index (χ3n) is 3.51. The van der Waals surface area contributed by atoms with Gasteiger partial charge in [0, 0.05) is 13.1 Å². The van der Waals surface area contributed by atoms with Crippen LogP contribution in [0.4, 0.5) is 0 Å². The average Bonchev–Trinajstić information content (AvgIpc) is 2.22. The van der Waals surface area contributed by atoms with Crippen LogP contribution in [0.5, 0.6) is 0 Å². The fraction of sp³-hybridized carbons (Fsp3) is 0.857. The van der Waals surface area contributed by atoms with Crippen molar-refractivity contribution in [2.75, 3.05) is 33.2 Å². The quantitative estimate of drug-likeness (QED) is 0.509. The summed E-state index contributed by atoms with van der Waals surface area (Å²) in [4.78, 5) is 4.63. The van der Waals surface area contributed by atoms with Gasteiger partial charge in [0.2, 0.25) is 0 Å². The van der Waals surface area contributed by atoms with E-state index in [0.717, 1.165) is 11.8 Å². The number of piperidine rings is 1. The van der Waals surface area contributed by atoms with Crippen LogP contribution in [-0.4, -0.2) is 43.0 Å². The number of hydrogen-bond donors (Lipinski definition) is 0. The predicted octanol–water partition coefficient (Wildman–Crippen LogP) is -0.0778. The average molecular weight is 266 g/mol. The van der Waals surface area contributed by atoms with Crippen molar-refractivity contribution < 1.29 is 51.4 Å². The molecule has 0 atom stereocenters. The van der Waals surface area contributed by atoms with Crippen LogP contribution in [-0.2, 0) is 0 Å². The van der Waals surface area contributed by atoms with Gasteiger partial charge in [-0.2, -0.15) is 0 Å². The smallest absolute Gasteiger partial charge is 0.459 e.